The predicted molar refractivity (Wildman–Crippen MR) is 138 cm³/mol. The lowest BCUT2D eigenvalue weighted by atomic mass is 9.80. The number of halogens is 6. The molecule has 2 aliphatic rings. The van der Waals surface area contributed by atoms with Gasteiger partial charge in [0, 0.05) is 42.9 Å². The molecule has 0 fully saturated rings. The van der Waals surface area contributed by atoms with Crippen molar-refractivity contribution in [3.63, 3.8) is 0 Å². The number of carbonyl (C=O) groups excluding carboxylic acids is 1. The number of amides is 1. The Morgan fingerprint density at radius 3 is 2.29 bits per heavy atom. The minimum absolute atomic E-state index is 0.0613. The fourth-order valence-corrected chi connectivity index (χ4v) is 5.23. The number of aromatic nitrogens is 2. The van der Waals surface area contributed by atoms with Crippen molar-refractivity contribution >= 4 is 16.0 Å². The van der Waals surface area contributed by atoms with Gasteiger partial charge in [-0.3, -0.25) is 9.35 Å². The number of nitrogens with zero attached hydrogens (tertiary/aromatic N) is 3. The molecule has 2 heterocycles. The van der Waals surface area contributed by atoms with Crippen LogP contribution in [0, 0.1) is 24.4 Å². The molecule has 5 rings (SSSR count). The van der Waals surface area contributed by atoms with Crippen LogP contribution in [0.2, 0.25) is 0 Å². The van der Waals surface area contributed by atoms with E-state index in [0.29, 0.717) is 11.6 Å². The van der Waals surface area contributed by atoms with Crippen LogP contribution in [-0.2, 0) is 34.2 Å². The van der Waals surface area contributed by atoms with E-state index in [-0.39, 0.29) is 54.7 Å². The van der Waals surface area contributed by atoms with Gasteiger partial charge in [-0.15, -0.1) is 0 Å². The molecule has 3 aromatic rings. The van der Waals surface area contributed by atoms with Crippen LogP contribution in [0.3, 0.4) is 0 Å². The number of alkyl halides is 3. The summed E-state index contributed by atoms with van der Waals surface area (Å²) in [5.74, 6) is -4.28. The van der Waals surface area contributed by atoms with Gasteiger partial charge in [-0.1, -0.05) is 23.8 Å². The van der Waals surface area contributed by atoms with Gasteiger partial charge >= 0.3 is 6.18 Å². The second-order valence-corrected chi connectivity index (χ2v) is 11.4. The van der Waals surface area contributed by atoms with E-state index in [1.165, 1.54) is 21.6 Å². The molecule has 0 unspecified atom stereocenters. The minimum Gasteiger partial charge on any atom is -0.331 e. The zero-order valence-electron chi connectivity index (χ0n) is 22.1. The van der Waals surface area contributed by atoms with E-state index in [0.717, 1.165) is 17.8 Å². The van der Waals surface area contributed by atoms with E-state index in [1.54, 1.807) is 18.2 Å². The molecule has 0 bridgehead atoms. The fourth-order valence-electron chi connectivity index (χ4n) is 4.75. The molecule has 15 heteroatoms. The van der Waals surface area contributed by atoms with Crippen LogP contribution in [0.15, 0.2) is 59.1 Å². The van der Waals surface area contributed by atoms with Crippen LogP contribution in [0.25, 0.3) is 0 Å². The molecule has 1 amide bonds. The lowest BCUT2D eigenvalue weighted by molar-refractivity contribution is -0.141. The van der Waals surface area contributed by atoms with E-state index >= 15 is 0 Å². The van der Waals surface area contributed by atoms with Gasteiger partial charge in [0.15, 0.2) is 17.3 Å². The molecule has 2 atom stereocenters. The van der Waals surface area contributed by atoms with Gasteiger partial charge in [0.25, 0.3) is 10.1 Å². The molecule has 1 aliphatic heterocycles. The van der Waals surface area contributed by atoms with Crippen molar-refractivity contribution < 1.29 is 44.1 Å². The van der Waals surface area contributed by atoms with Crippen LogP contribution >= 0.6 is 0 Å². The second kappa shape index (κ2) is 11.9. The Morgan fingerprint density at radius 2 is 1.69 bits per heavy atom. The Kier molecular flexibility index (Phi) is 8.85. The molecule has 0 saturated carbocycles. The Bertz CT molecular complexity index is 1620. The summed E-state index contributed by atoms with van der Waals surface area (Å²) in [4.78, 5) is 17.8. The number of fused-ring (bicyclic) bond motifs is 1. The average Bonchev–Trinajstić information content (AvgIpc) is 3.35. The van der Waals surface area contributed by atoms with Crippen LogP contribution in [0.4, 0.5) is 26.3 Å². The molecule has 226 valence electrons. The van der Waals surface area contributed by atoms with Gasteiger partial charge in [-0.05, 0) is 43.5 Å². The highest BCUT2D eigenvalue weighted by Gasteiger charge is 2.37. The Morgan fingerprint density at radius 1 is 1.05 bits per heavy atom. The van der Waals surface area contributed by atoms with Crippen molar-refractivity contribution in [2.45, 2.75) is 55.9 Å². The average molecular weight is 617 g/mol. The summed E-state index contributed by atoms with van der Waals surface area (Å²) in [6.45, 7) is 2.13. The Labute approximate surface area is 237 Å². The van der Waals surface area contributed by atoms with Crippen molar-refractivity contribution in [1.29, 1.82) is 0 Å². The monoisotopic (exact) mass is 616 g/mol. The van der Waals surface area contributed by atoms with Crippen molar-refractivity contribution in [2.75, 3.05) is 6.54 Å². The number of hydrogen-bond acceptors (Lipinski definition) is 5. The third-order valence-corrected chi connectivity index (χ3v) is 7.87. The van der Waals surface area contributed by atoms with Crippen LogP contribution in [0.1, 0.15) is 41.4 Å². The van der Waals surface area contributed by atoms with Crippen molar-refractivity contribution in [3.05, 3.63) is 94.3 Å². The van der Waals surface area contributed by atoms with E-state index in [2.05, 4.69) is 4.98 Å². The molecule has 0 radical (unpaired) electrons. The molecule has 1 aliphatic carbocycles. The summed E-state index contributed by atoms with van der Waals surface area (Å²) in [6.07, 6.45) is -1.86. The second-order valence-electron chi connectivity index (χ2n) is 9.98. The summed E-state index contributed by atoms with van der Waals surface area (Å²) in [7, 11) is -4.02. The first-order valence-corrected chi connectivity index (χ1v) is 14.0. The predicted octanol–water partition coefficient (Wildman–Crippen LogP) is 4.73. The number of allylic oxidation sites excluding steroid dienone is 1. The number of imidazole rings is 1. The molecular formula is C27H26F6N4O4S. The number of aryl methyl sites for hydroxylation is 1. The number of benzene rings is 2. The van der Waals surface area contributed by atoms with Gasteiger partial charge in [0.1, 0.15) is 11.6 Å². The van der Waals surface area contributed by atoms with Gasteiger partial charge in [0.05, 0.1) is 11.4 Å². The van der Waals surface area contributed by atoms with Crippen LogP contribution in [-0.4, -0.2) is 45.9 Å². The van der Waals surface area contributed by atoms with Gasteiger partial charge in [-0.2, -0.15) is 21.6 Å². The third-order valence-electron chi connectivity index (χ3n) is 7.00. The van der Waals surface area contributed by atoms with Crippen LogP contribution < -0.4 is 5.73 Å². The van der Waals surface area contributed by atoms with E-state index in [9.17, 15) is 39.6 Å². The third kappa shape index (κ3) is 7.02. The number of hydrogen-bond donors (Lipinski definition) is 2. The summed E-state index contributed by atoms with van der Waals surface area (Å²) in [6, 6.07) is 6.51. The molecule has 2 aromatic carbocycles. The molecular weight excluding hydrogens is 590 g/mol. The Hall–Kier alpha value is -3.69. The van der Waals surface area contributed by atoms with Crippen LogP contribution in [0.5, 0.6) is 0 Å². The number of carbonyl (C=O) groups is 1. The quantitative estimate of drug-likeness (QED) is 0.250. The van der Waals surface area contributed by atoms with Gasteiger partial charge in [-0.25, -0.2) is 18.2 Å². The molecule has 0 spiro atoms. The zero-order valence-corrected chi connectivity index (χ0v) is 22.9. The lowest BCUT2D eigenvalue weighted by Crippen LogP contribution is -2.41. The maximum atomic E-state index is 14.1. The summed E-state index contributed by atoms with van der Waals surface area (Å²) < 4.78 is 110. The van der Waals surface area contributed by atoms with E-state index < -0.39 is 51.4 Å². The zero-order chi connectivity index (χ0) is 31.0. The highest BCUT2D eigenvalue weighted by atomic mass is 32.2. The molecule has 0 saturated heterocycles. The maximum absolute atomic E-state index is 14.1. The highest BCUT2D eigenvalue weighted by Crippen LogP contribution is 2.35. The summed E-state index contributed by atoms with van der Waals surface area (Å²) >= 11 is 0. The topological polar surface area (TPSA) is 119 Å². The van der Waals surface area contributed by atoms with Crippen molar-refractivity contribution in [1.82, 2.24) is 14.5 Å². The number of nitrogens with two attached hydrogens (primary N) is 1. The summed E-state index contributed by atoms with van der Waals surface area (Å²) in [5, 5.41) is 0. The fraction of sp³-hybridized carbons (Fsp3) is 0.333. The van der Waals surface area contributed by atoms with E-state index in [4.69, 9.17) is 10.3 Å². The van der Waals surface area contributed by atoms with E-state index in [1.807, 2.05) is 6.92 Å². The summed E-state index contributed by atoms with van der Waals surface area (Å²) in [5.41, 5.74) is 6.35. The standard InChI is InChI=1S/C20H18F6N4O.C7H8O3S/c21-13-7-15(23)14(22)6-12(13)11-2-1-10(5-16(11)27)19(31)30-4-3-29-8-17(20(24,25)26)28-18(29)9-30;1-6-2-4-7(5-3-6)11(8,9)10/h1,6-8,11,16H,2-5,9,27H2;2-5H,1H3,(H,8,9,10)/t11-,16+;/m1./s1. The molecule has 1 aromatic heterocycles. The van der Waals surface area contributed by atoms with Gasteiger partial charge in [0.2, 0.25) is 5.91 Å². The SMILES string of the molecule is Cc1ccc(S(=O)(=O)O)cc1.N[C@H]1CC(C(=O)N2CCn3cc(C(F)(F)F)nc3C2)=CC[C@@H]1c1cc(F)c(F)cc1F. The smallest absolute Gasteiger partial charge is 0.331 e. The molecule has 3 N–H and O–H groups in total. The maximum Gasteiger partial charge on any atom is 0.434 e. The normalized spacial score (nSPS) is 19.0. The first-order valence-electron chi connectivity index (χ1n) is 12.6. The lowest BCUT2D eigenvalue weighted by Gasteiger charge is -2.33. The van der Waals surface area contributed by atoms with Crippen molar-refractivity contribution in [2.24, 2.45) is 5.73 Å². The Balaban J connectivity index is 0.000000310. The molecule has 8 nitrogen and oxygen atoms in total. The molecule has 42 heavy (non-hydrogen) atoms. The highest BCUT2D eigenvalue weighted by molar-refractivity contribution is 7.85. The minimum atomic E-state index is -4.57. The first-order chi connectivity index (χ1) is 19.5. The largest absolute Gasteiger partial charge is 0.434 e. The first kappa shape index (κ1) is 31.3. The van der Waals surface area contributed by atoms with Gasteiger partial charge < -0.3 is 15.2 Å². The van der Waals surface area contributed by atoms with Crippen molar-refractivity contribution in [3.8, 4) is 0 Å². The number of rotatable bonds is 3.